The van der Waals surface area contributed by atoms with Gasteiger partial charge < -0.3 is 39.4 Å². The molecule has 4 aromatic rings. The van der Waals surface area contributed by atoms with Crippen LogP contribution in [-0.2, 0) is 28.1 Å². The van der Waals surface area contributed by atoms with Gasteiger partial charge in [0.15, 0.2) is 21.2 Å². The van der Waals surface area contributed by atoms with Gasteiger partial charge in [-0.05, 0) is 25.3 Å². The molecule has 0 spiro atoms. The fourth-order valence-electron chi connectivity index (χ4n) is 5.66. The Kier molecular flexibility index (Phi) is 10.1. The number of aromatic nitrogens is 4. The number of esters is 1. The van der Waals surface area contributed by atoms with Crippen LogP contribution in [0.15, 0.2) is 42.5 Å². The number of carbonyl (C=O) groups is 1. The minimum Gasteiger partial charge on any atom is -0.479 e. The van der Waals surface area contributed by atoms with Gasteiger partial charge in [-0.1, -0.05) is 36.4 Å². The maximum absolute atomic E-state index is 14.5. The van der Waals surface area contributed by atoms with Crippen LogP contribution in [0.2, 0.25) is 0 Å². The van der Waals surface area contributed by atoms with Crippen LogP contribution >= 0.6 is 30.3 Å². The molecule has 48 heavy (non-hydrogen) atoms. The second kappa shape index (κ2) is 14.0. The van der Waals surface area contributed by atoms with Crippen molar-refractivity contribution in [2.45, 2.75) is 62.9 Å². The summed E-state index contributed by atoms with van der Waals surface area (Å²) < 4.78 is 50.6. The summed E-state index contributed by atoms with van der Waals surface area (Å²) in [5.74, 6) is -0.394. The van der Waals surface area contributed by atoms with Gasteiger partial charge in [0.1, 0.15) is 35.7 Å². The van der Waals surface area contributed by atoms with E-state index < -0.39 is 50.4 Å². The number of hydrogen-bond donors (Lipinski definition) is 4. The number of carbonyl (C=O) groups excluding carboxylic acids is 1. The summed E-state index contributed by atoms with van der Waals surface area (Å²) in [5.41, 5.74) is 4.45. The number of hydrogen-bond acceptors (Lipinski definition) is 14. The largest absolute Gasteiger partial charge is 0.479 e. The van der Waals surface area contributed by atoms with Crippen molar-refractivity contribution in [3.05, 3.63) is 46.3 Å². The quantitative estimate of drug-likeness (QED) is 0.0744. The molecule has 0 radical (unpaired) electrons. The Balaban J connectivity index is 1.26. The third kappa shape index (κ3) is 6.96. The Morgan fingerprint density at radius 1 is 1.21 bits per heavy atom. The predicted octanol–water partition coefficient (Wildman–Crippen LogP) is 3.09. The SMILES string of the molecule is COc1nc(N)nc2c1nc(I)n2[C@@H]1O[C@H](COP(=O)(NC(C)C(=O)OC2CCOCC2)Oc2cccc3ccccc23)[C@@H](O)[C@@]1(C)O. The lowest BCUT2D eigenvalue weighted by Gasteiger charge is -2.28. The van der Waals surface area contributed by atoms with E-state index in [-0.39, 0.29) is 34.8 Å². The number of methoxy groups -OCH3 is 1. The zero-order chi connectivity index (χ0) is 34.2. The molecule has 5 N–H and O–H groups in total. The zero-order valence-corrected chi connectivity index (χ0v) is 29.4. The number of benzene rings is 2. The number of imidazole rings is 1. The first-order chi connectivity index (χ1) is 22.9. The van der Waals surface area contributed by atoms with Crippen LogP contribution in [0.4, 0.5) is 5.95 Å². The minimum absolute atomic E-state index is 0.1000. The smallest absolute Gasteiger partial charge is 0.459 e. The van der Waals surface area contributed by atoms with Crippen molar-refractivity contribution in [2.24, 2.45) is 0 Å². The summed E-state index contributed by atoms with van der Waals surface area (Å²) in [5, 5.41) is 27.0. The molecule has 0 amide bonds. The second-order valence-corrected chi connectivity index (χ2v) is 14.3. The number of halogens is 1. The number of aliphatic hydroxyl groups is 2. The molecule has 16 nitrogen and oxygen atoms in total. The highest BCUT2D eigenvalue weighted by Gasteiger charge is 2.55. The molecule has 2 fully saturated rings. The third-order valence-electron chi connectivity index (χ3n) is 8.20. The number of fused-ring (bicyclic) bond motifs is 2. The van der Waals surface area contributed by atoms with Crippen molar-refractivity contribution in [2.75, 3.05) is 32.7 Å². The van der Waals surface area contributed by atoms with Crippen LogP contribution in [0.1, 0.15) is 32.9 Å². The first-order valence-electron chi connectivity index (χ1n) is 15.2. The number of nitrogens with two attached hydrogens (primary N) is 1. The maximum atomic E-state index is 14.5. The van der Waals surface area contributed by atoms with Gasteiger partial charge in [-0.25, -0.2) is 9.55 Å². The molecule has 0 aliphatic carbocycles. The number of nitrogens with one attached hydrogen (secondary N) is 1. The van der Waals surface area contributed by atoms with E-state index >= 15 is 0 Å². The van der Waals surface area contributed by atoms with Crippen molar-refractivity contribution in [3.8, 4) is 11.6 Å². The number of rotatable bonds is 11. The van der Waals surface area contributed by atoms with E-state index in [2.05, 4.69) is 20.0 Å². The average molecular weight is 799 g/mol. The Labute approximate surface area is 288 Å². The number of aliphatic hydroxyl groups excluding tert-OH is 1. The van der Waals surface area contributed by atoms with Crippen LogP contribution in [0.25, 0.3) is 21.9 Å². The van der Waals surface area contributed by atoms with Crippen LogP contribution in [0.5, 0.6) is 11.6 Å². The Morgan fingerprint density at radius 3 is 2.69 bits per heavy atom. The summed E-state index contributed by atoms with van der Waals surface area (Å²) >= 11 is 1.93. The lowest BCUT2D eigenvalue weighted by Crippen LogP contribution is -2.45. The summed E-state index contributed by atoms with van der Waals surface area (Å²) in [6.45, 7) is 3.29. The van der Waals surface area contributed by atoms with E-state index in [0.29, 0.717) is 35.3 Å². The first kappa shape index (κ1) is 34.7. The summed E-state index contributed by atoms with van der Waals surface area (Å²) in [6, 6.07) is 11.5. The van der Waals surface area contributed by atoms with Gasteiger partial charge in [0.05, 0.1) is 26.9 Å². The van der Waals surface area contributed by atoms with Crippen LogP contribution in [0.3, 0.4) is 0 Å². The van der Waals surface area contributed by atoms with Crippen LogP contribution in [0, 0.1) is 3.83 Å². The van der Waals surface area contributed by atoms with E-state index in [1.165, 1.54) is 25.5 Å². The molecular formula is C30H36IN6O10P. The predicted molar refractivity (Wildman–Crippen MR) is 180 cm³/mol. The monoisotopic (exact) mass is 798 g/mol. The van der Waals surface area contributed by atoms with Gasteiger partial charge in [0.25, 0.3) is 0 Å². The molecule has 6 atom stereocenters. The van der Waals surface area contributed by atoms with Crippen molar-refractivity contribution in [1.29, 1.82) is 0 Å². The van der Waals surface area contributed by atoms with Crippen molar-refractivity contribution >= 4 is 64.2 Å². The molecule has 2 aliphatic rings. The fraction of sp³-hybridized carbons (Fsp3) is 0.467. The Hall–Kier alpha value is -3.16. The molecule has 18 heteroatoms. The normalized spacial score (nSPS) is 25.2. The molecule has 2 aromatic heterocycles. The van der Waals surface area contributed by atoms with E-state index in [1.54, 1.807) is 18.2 Å². The Morgan fingerprint density at radius 2 is 1.94 bits per heavy atom. The van der Waals surface area contributed by atoms with Crippen molar-refractivity contribution in [1.82, 2.24) is 24.6 Å². The van der Waals surface area contributed by atoms with Gasteiger partial charge in [-0.3, -0.25) is 13.9 Å². The zero-order valence-electron chi connectivity index (χ0n) is 26.3. The summed E-state index contributed by atoms with van der Waals surface area (Å²) in [7, 11) is -2.99. The van der Waals surface area contributed by atoms with Crippen LogP contribution in [-0.4, -0.2) is 92.6 Å². The molecule has 2 saturated heterocycles. The molecule has 0 bridgehead atoms. The molecular weight excluding hydrogens is 762 g/mol. The Bertz CT molecular complexity index is 1850. The standard InChI is InChI=1S/C30H36IN6O10P/c1-16(26(39)45-18-11-13-43-14-12-18)36-48(41,47-20-10-6-8-17-7-4-5-9-19(17)20)44-15-21-23(38)30(2,40)27(46-21)37-24-22(33-28(37)31)25(42-3)35-29(32)34-24/h4-10,16,18,21,23,27,38,40H,11-15H2,1-3H3,(H,36,41)(H2,32,34,35)/t16?,21-,23-,27-,30-,48?/m1/s1. The highest BCUT2D eigenvalue weighted by molar-refractivity contribution is 14.1. The van der Waals surface area contributed by atoms with E-state index in [0.717, 1.165) is 5.39 Å². The highest BCUT2D eigenvalue weighted by Crippen LogP contribution is 2.49. The van der Waals surface area contributed by atoms with Gasteiger partial charge >= 0.3 is 13.7 Å². The maximum Gasteiger partial charge on any atom is 0.459 e. The second-order valence-electron chi connectivity index (χ2n) is 11.7. The number of nitrogen functional groups attached to an aromatic ring is 1. The third-order valence-corrected chi connectivity index (χ3v) is 10.6. The van der Waals surface area contributed by atoms with Crippen molar-refractivity contribution < 1.29 is 47.6 Å². The first-order valence-corrected chi connectivity index (χ1v) is 17.8. The van der Waals surface area contributed by atoms with E-state index in [4.69, 9.17) is 33.7 Å². The van der Waals surface area contributed by atoms with Gasteiger partial charge in [-0.15, -0.1) is 0 Å². The summed E-state index contributed by atoms with van der Waals surface area (Å²) in [4.78, 5) is 25.8. The van der Waals surface area contributed by atoms with E-state index in [9.17, 15) is 19.6 Å². The number of nitrogens with zero attached hydrogens (tertiary/aromatic N) is 4. The lowest BCUT2D eigenvalue weighted by atomic mass is 9.96. The van der Waals surface area contributed by atoms with Crippen molar-refractivity contribution in [3.63, 3.8) is 0 Å². The lowest BCUT2D eigenvalue weighted by molar-refractivity contribution is -0.154. The minimum atomic E-state index is -4.40. The van der Waals surface area contributed by atoms with Gasteiger partial charge in [0, 0.05) is 40.8 Å². The molecule has 4 heterocycles. The van der Waals surface area contributed by atoms with E-state index in [1.807, 2.05) is 46.9 Å². The number of ether oxygens (including phenoxy) is 4. The van der Waals surface area contributed by atoms with Crippen LogP contribution < -0.4 is 20.1 Å². The molecule has 2 unspecified atom stereocenters. The summed E-state index contributed by atoms with van der Waals surface area (Å²) in [6.07, 6.45) is -3.24. The highest BCUT2D eigenvalue weighted by atomic mass is 127. The molecule has 6 rings (SSSR count). The van der Waals surface area contributed by atoms with Gasteiger partial charge in [-0.2, -0.15) is 15.1 Å². The molecule has 2 aliphatic heterocycles. The van der Waals surface area contributed by atoms with Gasteiger partial charge in [0.2, 0.25) is 11.8 Å². The topological polar surface area (TPSA) is 212 Å². The number of anilines is 1. The fourth-order valence-corrected chi connectivity index (χ4v) is 7.90. The molecule has 258 valence electrons. The average Bonchev–Trinajstić information content (AvgIpc) is 3.50. The molecule has 0 saturated carbocycles. The molecule has 2 aromatic carbocycles.